The maximum absolute atomic E-state index is 12.2. The number of hydrogen-bond donors (Lipinski definition) is 0. The van der Waals surface area contributed by atoms with Crippen molar-refractivity contribution in [3.63, 3.8) is 0 Å². The van der Waals surface area contributed by atoms with Crippen LogP contribution in [0.3, 0.4) is 0 Å². The zero-order valence-electron chi connectivity index (χ0n) is 12.2. The molecule has 0 aliphatic rings. The van der Waals surface area contributed by atoms with Crippen LogP contribution in [-0.2, 0) is 0 Å². The molecule has 1 rings (SSSR count). The quantitative estimate of drug-likeness (QED) is 0.736. The van der Waals surface area contributed by atoms with E-state index in [0.29, 0.717) is 29.6 Å². The van der Waals surface area contributed by atoms with E-state index in [4.69, 9.17) is 5.26 Å². The van der Waals surface area contributed by atoms with Gasteiger partial charge in [0, 0.05) is 18.2 Å². The summed E-state index contributed by atoms with van der Waals surface area (Å²) in [4.78, 5) is 14.4. The number of Topliss-reactive ketones (excluding diaryl/α,β-unsaturated/α-hetero) is 1. The molecule has 0 aromatic heterocycles. The summed E-state index contributed by atoms with van der Waals surface area (Å²) in [6.07, 6.45) is 0. The van der Waals surface area contributed by atoms with Crippen molar-refractivity contribution in [1.29, 1.82) is 5.26 Å². The molecular formula is C16H22N2O. The Kier molecular flexibility index (Phi) is 5.72. The average molecular weight is 258 g/mol. The highest BCUT2D eigenvalue weighted by Gasteiger charge is 2.16. The van der Waals surface area contributed by atoms with Crippen LogP contribution >= 0.6 is 0 Å². The van der Waals surface area contributed by atoms with Crippen molar-refractivity contribution < 1.29 is 4.79 Å². The molecule has 0 aliphatic heterocycles. The van der Waals surface area contributed by atoms with E-state index in [9.17, 15) is 4.79 Å². The fourth-order valence-electron chi connectivity index (χ4n) is 1.93. The Bertz CT molecular complexity index is 455. The van der Waals surface area contributed by atoms with E-state index in [1.54, 1.807) is 24.3 Å². The molecule has 0 fully saturated rings. The van der Waals surface area contributed by atoms with E-state index in [1.807, 2.05) is 0 Å². The van der Waals surface area contributed by atoms with E-state index in [0.717, 1.165) is 6.54 Å². The van der Waals surface area contributed by atoms with Crippen LogP contribution in [0, 0.1) is 17.2 Å². The Morgan fingerprint density at radius 1 is 1.21 bits per heavy atom. The van der Waals surface area contributed by atoms with Crippen molar-refractivity contribution in [3.05, 3.63) is 35.4 Å². The van der Waals surface area contributed by atoms with E-state index in [1.165, 1.54) is 0 Å². The molecule has 0 heterocycles. The fourth-order valence-corrected chi connectivity index (χ4v) is 1.93. The van der Waals surface area contributed by atoms with Gasteiger partial charge in [-0.1, -0.05) is 26.0 Å². The molecule has 0 saturated heterocycles. The second kappa shape index (κ2) is 7.06. The smallest absolute Gasteiger partial charge is 0.176 e. The second-order valence-corrected chi connectivity index (χ2v) is 5.53. The van der Waals surface area contributed by atoms with Gasteiger partial charge in [0.25, 0.3) is 0 Å². The van der Waals surface area contributed by atoms with Crippen molar-refractivity contribution in [2.75, 3.05) is 13.1 Å². The summed E-state index contributed by atoms with van der Waals surface area (Å²) in [5.74, 6) is 0.648. The lowest BCUT2D eigenvalue weighted by molar-refractivity contribution is 0.0893. The molecule has 1 aromatic carbocycles. The molecule has 0 N–H and O–H groups in total. The average Bonchev–Trinajstić information content (AvgIpc) is 2.37. The van der Waals surface area contributed by atoms with Gasteiger partial charge < -0.3 is 0 Å². The Morgan fingerprint density at radius 3 is 2.21 bits per heavy atom. The fraction of sp³-hybridized carbons (Fsp3) is 0.500. The molecule has 0 saturated carbocycles. The molecular weight excluding hydrogens is 236 g/mol. The molecule has 3 nitrogen and oxygen atoms in total. The van der Waals surface area contributed by atoms with Gasteiger partial charge in [0.1, 0.15) is 0 Å². The van der Waals surface area contributed by atoms with Crippen molar-refractivity contribution in [1.82, 2.24) is 4.90 Å². The van der Waals surface area contributed by atoms with Crippen LogP contribution in [0.5, 0.6) is 0 Å². The van der Waals surface area contributed by atoms with E-state index in [-0.39, 0.29) is 5.78 Å². The van der Waals surface area contributed by atoms with Crippen LogP contribution in [0.1, 0.15) is 43.6 Å². The number of nitrogens with zero attached hydrogens (tertiary/aromatic N) is 2. The van der Waals surface area contributed by atoms with Crippen molar-refractivity contribution >= 4 is 5.78 Å². The summed E-state index contributed by atoms with van der Waals surface area (Å²) in [6.45, 7) is 9.87. The molecule has 0 aliphatic carbocycles. The van der Waals surface area contributed by atoms with Crippen LogP contribution in [0.25, 0.3) is 0 Å². The molecule has 0 bridgehead atoms. The van der Waals surface area contributed by atoms with Gasteiger partial charge in [-0.25, -0.2) is 0 Å². The highest BCUT2D eigenvalue weighted by atomic mass is 16.1. The van der Waals surface area contributed by atoms with Crippen LogP contribution < -0.4 is 0 Å². The Hall–Kier alpha value is -1.66. The van der Waals surface area contributed by atoms with Crippen molar-refractivity contribution in [3.8, 4) is 6.07 Å². The molecule has 102 valence electrons. The van der Waals surface area contributed by atoms with Crippen molar-refractivity contribution in [2.45, 2.75) is 33.7 Å². The van der Waals surface area contributed by atoms with Crippen LogP contribution in [0.15, 0.2) is 24.3 Å². The largest absolute Gasteiger partial charge is 0.293 e. The number of benzene rings is 1. The van der Waals surface area contributed by atoms with E-state index >= 15 is 0 Å². The standard InChI is InChI=1S/C16H22N2O/c1-12(2)10-18(13(3)4)11-16(19)15-7-5-14(9-17)6-8-15/h5-8,12-13H,10-11H2,1-4H3. The molecule has 0 atom stereocenters. The minimum atomic E-state index is 0.110. The number of ketones is 1. The monoisotopic (exact) mass is 258 g/mol. The summed E-state index contributed by atoms with van der Waals surface area (Å²) in [6, 6.07) is 9.25. The molecule has 0 unspecified atom stereocenters. The number of carbonyl (C=O) groups is 1. The maximum atomic E-state index is 12.2. The minimum Gasteiger partial charge on any atom is -0.293 e. The summed E-state index contributed by atoms with van der Waals surface area (Å²) < 4.78 is 0. The zero-order chi connectivity index (χ0) is 14.4. The molecule has 0 spiro atoms. The van der Waals surface area contributed by atoms with Gasteiger partial charge in [-0.2, -0.15) is 5.26 Å². The third-order valence-corrected chi connectivity index (χ3v) is 3.01. The first kappa shape index (κ1) is 15.4. The Balaban J connectivity index is 2.73. The first-order chi connectivity index (χ1) is 8.93. The molecule has 19 heavy (non-hydrogen) atoms. The maximum Gasteiger partial charge on any atom is 0.176 e. The first-order valence-electron chi connectivity index (χ1n) is 6.71. The van der Waals surface area contributed by atoms with Crippen molar-refractivity contribution in [2.24, 2.45) is 5.92 Å². The van der Waals surface area contributed by atoms with Gasteiger partial charge in [0.2, 0.25) is 0 Å². The Morgan fingerprint density at radius 2 is 1.79 bits per heavy atom. The lowest BCUT2D eigenvalue weighted by atomic mass is 10.1. The number of carbonyl (C=O) groups excluding carboxylic acids is 1. The molecule has 0 radical (unpaired) electrons. The zero-order valence-corrected chi connectivity index (χ0v) is 12.2. The normalized spacial score (nSPS) is 11.1. The van der Waals surface area contributed by atoms with E-state index in [2.05, 4.69) is 38.7 Å². The lowest BCUT2D eigenvalue weighted by Crippen LogP contribution is -2.38. The van der Waals surface area contributed by atoms with E-state index < -0.39 is 0 Å². The van der Waals surface area contributed by atoms with Gasteiger partial charge in [0.05, 0.1) is 18.2 Å². The van der Waals surface area contributed by atoms with Crippen LogP contribution in [0.4, 0.5) is 0 Å². The predicted molar refractivity (Wildman–Crippen MR) is 77.0 cm³/mol. The topological polar surface area (TPSA) is 44.1 Å². The molecule has 1 aromatic rings. The van der Waals surface area contributed by atoms with Gasteiger partial charge in [-0.15, -0.1) is 0 Å². The minimum absolute atomic E-state index is 0.110. The number of rotatable bonds is 6. The number of hydrogen-bond acceptors (Lipinski definition) is 3. The van der Waals surface area contributed by atoms with Gasteiger partial charge in [0.15, 0.2) is 5.78 Å². The third-order valence-electron chi connectivity index (χ3n) is 3.01. The summed E-state index contributed by atoms with van der Waals surface area (Å²) >= 11 is 0. The van der Waals surface area contributed by atoms with Gasteiger partial charge in [-0.05, 0) is 31.9 Å². The lowest BCUT2D eigenvalue weighted by Gasteiger charge is -2.27. The van der Waals surface area contributed by atoms with Crippen LogP contribution in [0.2, 0.25) is 0 Å². The predicted octanol–water partition coefficient (Wildman–Crippen LogP) is 3.11. The van der Waals surface area contributed by atoms with Gasteiger partial charge >= 0.3 is 0 Å². The highest BCUT2D eigenvalue weighted by Crippen LogP contribution is 2.09. The molecule has 3 heteroatoms. The summed E-state index contributed by atoms with van der Waals surface area (Å²) in [5.41, 5.74) is 1.26. The van der Waals surface area contributed by atoms with Crippen LogP contribution in [-0.4, -0.2) is 29.8 Å². The SMILES string of the molecule is CC(C)CN(CC(=O)c1ccc(C#N)cc1)C(C)C. The molecule has 0 amide bonds. The van der Waals surface area contributed by atoms with Gasteiger partial charge in [-0.3, -0.25) is 9.69 Å². The second-order valence-electron chi connectivity index (χ2n) is 5.53. The first-order valence-corrected chi connectivity index (χ1v) is 6.71. The highest BCUT2D eigenvalue weighted by molar-refractivity contribution is 5.97. The third kappa shape index (κ3) is 4.84. The Labute approximate surface area is 115 Å². The summed E-state index contributed by atoms with van der Waals surface area (Å²) in [5, 5.41) is 8.74. The summed E-state index contributed by atoms with van der Waals surface area (Å²) in [7, 11) is 0. The number of nitriles is 1.